The van der Waals surface area contributed by atoms with Crippen LogP contribution in [0.4, 0.5) is 11.4 Å². The zero-order valence-electron chi connectivity index (χ0n) is 22.8. The van der Waals surface area contributed by atoms with Gasteiger partial charge in [0, 0.05) is 21.4 Å². The number of hydrogen-bond donors (Lipinski definition) is 3. The fraction of sp³-hybridized carbons (Fsp3) is 0.194. The molecule has 0 radical (unpaired) electrons. The van der Waals surface area contributed by atoms with Crippen molar-refractivity contribution in [2.75, 3.05) is 44.8 Å². The van der Waals surface area contributed by atoms with Crippen molar-refractivity contribution in [3.05, 3.63) is 100 Å². The van der Waals surface area contributed by atoms with Crippen molar-refractivity contribution in [1.82, 2.24) is 9.55 Å². The molecule has 0 spiro atoms. The number of nitrogens with one attached hydrogen (secondary N) is 1. The third kappa shape index (κ3) is 7.57. The number of halogens is 2. The maximum absolute atomic E-state index is 6.22. The van der Waals surface area contributed by atoms with Crippen LogP contribution >= 0.6 is 23.2 Å². The molecule has 3 aromatic rings. The van der Waals surface area contributed by atoms with E-state index in [1.165, 1.54) is 0 Å². The molecular formula is C31H31Cl2N7O2. The van der Waals surface area contributed by atoms with E-state index in [1.54, 1.807) is 0 Å². The van der Waals surface area contributed by atoms with Gasteiger partial charge in [-0.05, 0) is 72.8 Å². The second-order valence-electron chi connectivity index (χ2n) is 9.32. The lowest BCUT2D eigenvalue weighted by Gasteiger charge is -2.20. The standard InChI is InChI=1S/C31H31Cl2N7O2/c32-21-5-9-23(10-6-21)38-27-19-28-30(20-26(27)36-13-15-41-17-18-42-16-14-37-31(34)35)40(24-11-7-22(33)8-12-24)29-4-2-1-3-25(29)39-28/h1-12,19-20,38H,13-18H2,(H4,34,35,37). The van der Waals surface area contributed by atoms with Crippen LogP contribution in [0.3, 0.4) is 0 Å². The van der Waals surface area contributed by atoms with Gasteiger partial charge in [0.1, 0.15) is 0 Å². The topological polar surface area (TPSA) is 125 Å². The molecule has 1 aliphatic carbocycles. The van der Waals surface area contributed by atoms with Gasteiger partial charge in [-0.3, -0.25) is 9.98 Å². The van der Waals surface area contributed by atoms with Gasteiger partial charge in [0.05, 0.1) is 73.0 Å². The number of anilines is 2. The Morgan fingerprint density at radius 3 is 2.19 bits per heavy atom. The minimum atomic E-state index is 0.0535. The Bertz CT molecular complexity index is 1700. The van der Waals surface area contributed by atoms with Crippen LogP contribution < -0.4 is 22.1 Å². The fourth-order valence-electron chi connectivity index (χ4n) is 4.42. The first-order chi connectivity index (χ1) is 20.5. The highest BCUT2D eigenvalue weighted by molar-refractivity contribution is 6.30. The average Bonchev–Trinajstić information content (AvgIpc) is 2.98. The number of aromatic nitrogens is 2. The maximum Gasteiger partial charge on any atom is 0.185 e. The first kappa shape index (κ1) is 29.3. The van der Waals surface area contributed by atoms with Gasteiger partial charge in [-0.1, -0.05) is 35.3 Å². The van der Waals surface area contributed by atoms with Crippen LogP contribution in [0.1, 0.15) is 0 Å². The third-order valence-corrected chi connectivity index (χ3v) is 6.83. The minimum absolute atomic E-state index is 0.0535. The molecule has 42 heavy (non-hydrogen) atoms. The van der Waals surface area contributed by atoms with Gasteiger partial charge < -0.3 is 30.8 Å². The summed E-state index contributed by atoms with van der Waals surface area (Å²) in [6.07, 6.45) is 0. The maximum atomic E-state index is 6.22. The minimum Gasteiger partial charge on any atom is -0.377 e. The van der Waals surface area contributed by atoms with E-state index in [1.807, 2.05) is 72.8 Å². The van der Waals surface area contributed by atoms with Gasteiger partial charge in [0.2, 0.25) is 0 Å². The predicted molar refractivity (Wildman–Crippen MR) is 170 cm³/mol. The molecular weight excluding hydrogens is 573 g/mol. The first-order valence-corrected chi connectivity index (χ1v) is 14.2. The molecule has 0 saturated carbocycles. The summed E-state index contributed by atoms with van der Waals surface area (Å²) in [5.74, 6) is 0.0535. The lowest BCUT2D eigenvalue weighted by atomic mass is 10.1. The normalized spacial score (nSPS) is 11.7. The molecule has 0 unspecified atom stereocenters. The van der Waals surface area contributed by atoms with Crippen molar-refractivity contribution in [3.8, 4) is 17.1 Å². The van der Waals surface area contributed by atoms with Crippen LogP contribution in [0, 0.1) is 0 Å². The predicted octanol–water partition coefficient (Wildman–Crippen LogP) is 5.39. The van der Waals surface area contributed by atoms with Crippen LogP contribution in [0.5, 0.6) is 0 Å². The number of fused-ring (bicyclic) bond motifs is 2. The largest absolute Gasteiger partial charge is 0.377 e. The molecule has 3 aromatic carbocycles. The summed E-state index contributed by atoms with van der Waals surface area (Å²) in [7, 11) is 0. The van der Waals surface area contributed by atoms with Gasteiger partial charge in [-0.15, -0.1) is 0 Å². The van der Waals surface area contributed by atoms with Gasteiger partial charge in [-0.25, -0.2) is 4.98 Å². The third-order valence-electron chi connectivity index (χ3n) is 6.33. The number of benzene rings is 4. The second-order valence-corrected chi connectivity index (χ2v) is 10.2. The van der Waals surface area contributed by atoms with Crippen LogP contribution in [0.2, 0.25) is 10.0 Å². The summed E-state index contributed by atoms with van der Waals surface area (Å²) in [5.41, 5.74) is 16.9. The quantitative estimate of drug-likeness (QED) is 0.0760. The number of rotatable bonds is 12. The first-order valence-electron chi connectivity index (χ1n) is 13.4. The molecule has 0 atom stereocenters. The summed E-state index contributed by atoms with van der Waals surface area (Å²) >= 11 is 12.3. The molecule has 0 aromatic heterocycles. The Kier molecular flexibility index (Phi) is 9.89. The number of ether oxygens (including phenoxy) is 2. The molecule has 11 heteroatoms. The summed E-state index contributed by atoms with van der Waals surface area (Å²) < 4.78 is 13.4. The van der Waals surface area contributed by atoms with E-state index < -0.39 is 0 Å². The Hall–Kier alpha value is -4.15. The zero-order chi connectivity index (χ0) is 29.3. The molecule has 9 nitrogen and oxygen atoms in total. The van der Waals surface area contributed by atoms with Crippen LogP contribution in [-0.4, -0.2) is 55.0 Å². The Labute approximate surface area is 253 Å². The zero-order valence-corrected chi connectivity index (χ0v) is 24.4. The van der Waals surface area contributed by atoms with Crippen molar-refractivity contribution in [2.45, 2.75) is 0 Å². The molecule has 5 rings (SSSR count). The summed E-state index contributed by atoms with van der Waals surface area (Å²) in [6.45, 7) is 2.62. The number of aliphatic imine (C=N–C) groups is 1. The van der Waals surface area contributed by atoms with Gasteiger partial charge in [-0.2, -0.15) is 0 Å². The van der Waals surface area contributed by atoms with E-state index in [2.05, 4.69) is 27.0 Å². The molecule has 0 bridgehead atoms. The van der Waals surface area contributed by atoms with Crippen molar-refractivity contribution in [1.29, 1.82) is 0 Å². The summed E-state index contributed by atoms with van der Waals surface area (Å²) in [4.78, 5) is 13.8. The lowest BCUT2D eigenvalue weighted by Crippen LogP contribution is -2.23. The Morgan fingerprint density at radius 2 is 1.48 bits per heavy atom. The Balaban J connectivity index is 1.46. The highest BCUT2D eigenvalue weighted by atomic mass is 35.5. The average molecular weight is 605 g/mol. The highest BCUT2D eigenvalue weighted by Crippen LogP contribution is 2.31. The number of hydrogen-bond acceptors (Lipinski definition) is 6. The van der Waals surface area contributed by atoms with E-state index in [0.29, 0.717) is 49.6 Å². The van der Waals surface area contributed by atoms with Crippen molar-refractivity contribution >= 4 is 51.6 Å². The van der Waals surface area contributed by atoms with Gasteiger partial charge >= 0.3 is 0 Å². The molecule has 0 fully saturated rings. The van der Waals surface area contributed by atoms with Crippen LogP contribution in [0.15, 0.2) is 94.9 Å². The van der Waals surface area contributed by atoms with E-state index >= 15 is 0 Å². The van der Waals surface area contributed by atoms with E-state index in [4.69, 9.17) is 54.1 Å². The van der Waals surface area contributed by atoms with Crippen LogP contribution in [-0.2, 0) is 9.47 Å². The number of guanidine groups is 1. The number of nitrogens with zero attached hydrogens (tertiary/aromatic N) is 4. The Morgan fingerprint density at radius 1 is 0.810 bits per heavy atom. The fourth-order valence-corrected chi connectivity index (χ4v) is 4.67. The summed E-state index contributed by atoms with van der Waals surface area (Å²) in [5, 5.41) is 5.60. The smallest absolute Gasteiger partial charge is 0.185 e. The van der Waals surface area contributed by atoms with E-state index in [0.717, 1.165) is 44.8 Å². The highest BCUT2D eigenvalue weighted by Gasteiger charge is 2.16. The molecule has 1 heterocycles. The van der Waals surface area contributed by atoms with Crippen LogP contribution in [0.25, 0.3) is 28.1 Å². The van der Waals surface area contributed by atoms with Crippen molar-refractivity contribution in [3.63, 3.8) is 0 Å². The van der Waals surface area contributed by atoms with E-state index in [-0.39, 0.29) is 5.96 Å². The van der Waals surface area contributed by atoms with Crippen molar-refractivity contribution < 1.29 is 9.47 Å². The monoisotopic (exact) mass is 603 g/mol. The second kappa shape index (κ2) is 14.2. The molecule has 5 N–H and O–H groups in total. The van der Waals surface area contributed by atoms with Gasteiger partial charge in [0.15, 0.2) is 5.96 Å². The molecule has 216 valence electrons. The van der Waals surface area contributed by atoms with Crippen molar-refractivity contribution in [2.24, 2.45) is 21.5 Å². The molecule has 0 saturated heterocycles. The SMILES string of the molecule is NC(N)=NCCOCCOCCN=c1cc2n(-c3ccc(Cl)cc3)c3ccccc3nc-2cc1Nc1ccc(Cl)cc1. The van der Waals surface area contributed by atoms with Gasteiger partial charge in [0.25, 0.3) is 0 Å². The number of para-hydroxylation sites is 2. The van der Waals surface area contributed by atoms with E-state index in [9.17, 15) is 0 Å². The molecule has 0 amide bonds. The number of nitrogens with two attached hydrogens (primary N) is 2. The molecule has 2 aliphatic rings. The summed E-state index contributed by atoms with van der Waals surface area (Å²) in [6, 6.07) is 27.4. The molecule has 1 aliphatic heterocycles. The lowest BCUT2D eigenvalue weighted by molar-refractivity contribution is 0.0539.